The summed E-state index contributed by atoms with van der Waals surface area (Å²) in [5.41, 5.74) is 1.15. The van der Waals surface area contributed by atoms with Crippen molar-refractivity contribution < 1.29 is 0 Å². The third kappa shape index (κ3) is 3.70. The molecule has 20 heavy (non-hydrogen) atoms. The Hall–Kier alpha value is -0.670. The minimum Gasteiger partial charge on any atom is -0.310 e. The molecule has 0 radical (unpaired) electrons. The molecule has 104 valence electrons. The monoisotopic (exact) mass is 323 g/mol. The van der Waals surface area contributed by atoms with E-state index in [1.807, 2.05) is 30.3 Å². The van der Waals surface area contributed by atoms with Gasteiger partial charge in [0, 0.05) is 27.4 Å². The zero-order valence-electron chi connectivity index (χ0n) is 10.9. The van der Waals surface area contributed by atoms with Crippen molar-refractivity contribution in [1.29, 1.82) is 0 Å². The summed E-state index contributed by atoms with van der Waals surface area (Å²) in [7, 11) is 0. The highest BCUT2D eigenvalue weighted by atomic mass is 35.5. The van der Waals surface area contributed by atoms with Gasteiger partial charge < -0.3 is 5.32 Å². The van der Waals surface area contributed by atoms with E-state index < -0.39 is 0 Å². The van der Waals surface area contributed by atoms with Crippen molar-refractivity contribution in [3.05, 3.63) is 58.1 Å². The number of halogens is 2. The maximum atomic E-state index is 6.35. The third-order valence-corrected chi connectivity index (χ3v) is 5.11. The molecule has 1 N–H and O–H groups in total. The lowest BCUT2D eigenvalue weighted by Crippen LogP contribution is -2.15. The van der Waals surface area contributed by atoms with Crippen molar-refractivity contribution in [2.45, 2.75) is 35.2 Å². The highest BCUT2D eigenvalue weighted by molar-refractivity contribution is 7.99. The maximum absolute atomic E-state index is 6.35. The Kier molecular flexibility index (Phi) is 4.57. The molecule has 0 aliphatic heterocycles. The molecule has 0 saturated heterocycles. The van der Waals surface area contributed by atoms with Crippen LogP contribution in [0.1, 0.15) is 18.4 Å². The first kappa shape index (κ1) is 14.3. The molecule has 0 unspecified atom stereocenters. The first-order valence-electron chi connectivity index (χ1n) is 6.66. The molecule has 1 aliphatic rings. The van der Waals surface area contributed by atoms with Crippen LogP contribution < -0.4 is 5.32 Å². The SMILES string of the molecule is Clc1cc(Sc2ccccc2Cl)ccc1CNC1CC1. The molecule has 1 fully saturated rings. The van der Waals surface area contributed by atoms with E-state index in [-0.39, 0.29) is 0 Å². The van der Waals surface area contributed by atoms with Crippen molar-refractivity contribution >= 4 is 35.0 Å². The fourth-order valence-corrected chi connectivity index (χ4v) is 3.37. The minimum atomic E-state index is 0.697. The fourth-order valence-electron chi connectivity index (χ4n) is 1.93. The van der Waals surface area contributed by atoms with E-state index in [9.17, 15) is 0 Å². The van der Waals surface area contributed by atoms with Gasteiger partial charge in [0.05, 0.1) is 5.02 Å². The smallest absolute Gasteiger partial charge is 0.0545 e. The van der Waals surface area contributed by atoms with E-state index in [4.69, 9.17) is 23.2 Å². The maximum Gasteiger partial charge on any atom is 0.0545 e. The van der Waals surface area contributed by atoms with Gasteiger partial charge >= 0.3 is 0 Å². The van der Waals surface area contributed by atoms with Gasteiger partial charge in [-0.1, -0.05) is 53.2 Å². The number of hydrogen-bond acceptors (Lipinski definition) is 2. The van der Waals surface area contributed by atoms with Crippen molar-refractivity contribution in [1.82, 2.24) is 5.32 Å². The second-order valence-electron chi connectivity index (χ2n) is 4.94. The van der Waals surface area contributed by atoms with Gasteiger partial charge in [-0.25, -0.2) is 0 Å². The van der Waals surface area contributed by atoms with Crippen LogP contribution >= 0.6 is 35.0 Å². The standard InChI is InChI=1S/C16H15Cl2NS/c17-14-3-1-2-4-16(14)20-13-8-5-11(15(18)9-13)10-19-12-6-7-12/h1-5,8-9,12,19H,6-7,10H2. The van der Waals surface area contributed by atoms with Crippen molar-refractivity contribution in [2.24, 2.45) is 0 Å². The Morgan fingerprint density at radius 1 is 1.05 bits per heavy atom. The summed E-state index contributed by atoms with van der Waals surface area (Å²) in [4.78, 5) is 2.16. The van der Waals surface area contributed by atoms with Crippen LogP contribution in [0.4, 0.5) is 0 Å². The van der Waals surface area contributed by atoms with Crippen molar-refractivity contribution in [2.75, 3.05) is 0 Å². The molecular formula is C16H15Cl2NS. The molecule has 0 spiro atoms. The average molecular weight is 324 g/mol. The Bertz CT molecular complexity index is 611. The minimum absolute atomic E-state index is 0.697. The van der Waals surface area contributed by atoms with Crippen LogP contribution in [-0.4, -0.2) is 6.04 Å². The van der Waals surface area contributed by atoms with E-state index in [1.165, 1.54) is 12.8 Å². The number of rotatable bonds is 5. The van der Waals surface area contributed by atoms with Crippen LogP contribution in [0.25, 0.3) is 0 Å². The number of hydrogen-bond donors (Lipinski definition) is 1. The van der Waals surface area contributed by atoms with E-state index in [0.29, 0.717) is 6.04 Å². The fraction of sp³-hybridized carbons (Fsp3) is 0.250. The molecule has 0 aromatic heterocycles. The second kappa shape index (κ2) is 6.40. The van der Waals surface area contributed by atoms with Crippen LogP contribution in [0.15, 0.2) is 52.3 Å². The van der Waals surface area contributed by atoms with Gasteiger partial charge in [-0.3, -0.25) is 0 Å². The van der Waals surface area contributed by atoms with Crippen LogP contribution in [-0.2, 0) is 6.54 Å². The lowest BCUT2D eigenvalue weighted by Gasteiger charge is -2.08. The zero-order valence-corrected chi connectivity index (χ0v) is 13.2. The molecule has 2 aromatic carbocycles. The van der Waals surface area contributed by atoms with E-state index in [2.05, 4.69) is 17.4 Å². The number of nitrogens with one attached hydrogen (secondary N) is 1. The van der Waals surface area contributed by atoms with Crippen LogP contribution in [0.5, 0.6) is 0 Å². The molecule has 2 aromatic rings. The topological polar surface area (TPSA) is 12.0 Å². The summed E-state index contributed by atoms with van der Waals surface area (Å²) >= 11 is 14.2. The molecule has 0 heterocycles. The zero-order chi connectivity index (χ0) is 13.9. The first-order chi connectivity index (χ1) is 9.72. The average Bonchev–Trinajstić information content (AvgIpc) is 3.25. The Morgan fingerprint density at radius 2 is 1.85 bits per heavy atom. The number of benzene rings is 2. The van der Waals surface area contributed by atoms with E-state index >= 15 is 0 Å². The molecule has 0 atom stereocenters. The predicted octanol–water partition coefficient (Wildman–Crippen LogP) is 5.40. The van der Waals surface area contributed by atoms with Gasteiger partial charge in [0.15, 0.2) is 0 Å². The molecule has 3 rings (SSSR count). The van der Waals surface area contributed by atoms with Gasteiger partial charge in [0.25, 0.3) is 0 Å². The summed E-state index contributed by atoms with van der Waals surface area (Å²) in [6.07, 6.45) is 2.58. The highest BCUT2D eigenvalue weighted by Crippen LogP contribution is 2.35. The lowest BCUT2D eigenvalue weighted by molar-refractivity contribution is 0.687. The lowest BCUT2D eigenvalue weighted by atomic mass is 10.2. The quantitative estimate of drug-likeness (QED) is 0.790. The molecule has 0 amide bonds. The summed E-state index contributed by atoms with van der Waals surface area (Å²) in [6.45, 7) is 0.848. The van der Waals surface area contributed by atoms with Gasteiger partial charge in [0.1, 0.15) is 0 Å². The summed E-state index contributed by atoms with van der Waals surface area (Å²) < 4.78 is 0. The van der Waals surface area contributed by atoms with Crippen LogP contribution in [0, 0.1) is 0 Å². The summed E-state index contributed by atoms with van der Waals surface area (Å²) in [5.74, 6) is 0. The highest BCUT2D eigenvalue weighted by Gasteiger charge is 2.20. The van der Waals surface area contributed by atoms with Gasteiger partial charge in [0.2, 0.25) is 0 Å². The van der Waals surface area contributed by atoms with Gasteiger partial charge in [-0.05, 0) is 42.7 Å². The summed E-state index contributed by atoms with van der Waals surface area (Å²) in [6, 6.07) is 14.8. The largest absolute Gasteiger partial charge is 0.310 e. The summed E-state index contributed by atoms with van der Waals surface area (Å²) in [5, 5.41) is 5.07. The predicted molar refractivity (Wildman–Crippen MR) is 86.9 cm³/mol. The normalized spacial score (nSPS) is 14.5. The molecule has 0 bridgehead atoms. The third-order valence-electron chi connectivity index (χ3n) is 3.25. The van der Waals surface area contributed by atoms with Crippen LogP contribution in [0.2, 0.25) is 10.0 Å². The molecular weight excluding hydrogens is 309 g/mol. The van der Waals surface area contributed by atoms with Crippen molar-refractivity contribution in [3.63, 3.8) is 0 Å². The molecule has 1 saturated carbocycles. The second-order valence-corrected chi connectivity index (χ2v) is 6.87. The van der Waals surface area contributed by atoms with Crippen LogP contribution in [0.3, 0.4) is 0 Å². The Balaban J connectivity index is 1.71. The van der Waals surface area contributed by atoms with Crippen molar-refractivity contribution in [3.8, 4) is 0 Å². The van der Waals surface area contributed by atoms with Gasteiger partial charge in [-0.2, -0.15) is 0 Å². The molecule has 4 heteroatoms. The van der Waals surface area contributed by atoms with E-state index in [1.54, 1.807) is 11.8 Å². The Labute approximate surface area is 133 Å². The first-order valence-corrected chi connectivity index (χ1v) is 8.24. The molecule has 1 aliphatic carbocycles. The van der Waals surface area contributed by atoms with Gasteiger partial charge in [-0.15, -0.1) is 0 Å². The molecule has 1 nitrogen and oxygen atoms in total. The van der Waals surface area contributed by atoms with E-state index in [0.717, 1.165) is 31.9 Å². The Morgan fingerprint density at radius 3 is 2.55 bits per heavy atom.